The Morgan fingerprint density at radius 1 is 0.265 bits per heavy atom. The minimum absolute atomic E-state index is 1.22. The Morgan fingerprint density at radius 2 is 0.647 bits per heavy atom. The van der Waals surface area contributed by atoms with E-state index < -0.39 is 0 Å². The van der Waals surface area contributed by atoms with Crippen LogP contribution in [0.3, 0.4) is 0 Å². The molecule has 0 amide bonds. The molecular weight excluding hydrogens is 408 g/mol. The summed E-state index contributed by atoms with van der Waals surface area (Å²) in [5, 5.41) is 7.49. The maximum Gasteiger partial charge on any atom is -0.00992 e. The van der Waals surface area contributed by atoms with Crippen molar-refractivity contribution in [1.29, 1.82) is 0 Å². The summed E-state index contributed by atoms with van der Waals surface area (Å²) in [5.74, 6) is 0. The molecule has 0 bridgehead atoms. The SMILES string of the molecule is c1cccc(-c2ccc3ccccc3c2)c2ccccc2c(-c2ccc3ccccc3c2)cc1. The lowest BCUT2D eigenvalue weighted by molar-refractivity contribution is 1.66. The molecule has 0 aliphatic carbocycles. The molecule has 6 aromatic rings. The molecule has 6 rings (SSSR count). The molecule has 0 saturated heterocycles. The van der Waals surface area contributed by atoms with Crippen LogP contribution in [-0.4, -0.2) is 0 Å². The van der Waals surface area contributed by atoms with Gasteiger partial charge < -0.3 is 0 Å². The van der Waals surface area contributed by atoms with Crippen LogP contribution < -0.4 is 0 Å². The van der Waals surface area contributed by atoms with E-state index in [-0.39, 0.29) is 0 Å². The van der Waals surface area contributed by atoms with Gasteiger partial charge in [0.2, 0.25) is 0 Å². The second-order valence-electron chi connectivity index (χ2n) is 8.60. The molecule has 0 heteroatoms. The van der Waals surface area contributed by atoms with Gasteiger partial charge in [0, 0.05) is 0 Å². The summed E-state index contributed by atoms with van der Waals surface area (Å²) in [4.78, 5) is 0. The minimum atomic E-state index is 1.22. The van der Waals surface area contributed by atoms with Crippen LogP contribution in [0.5, 0.6) is 0 Å². The van der Waals surface area contributed by atoms with Crippen molar-refractivity contribution < 1.29 is 0 Å². The van der Waals surface area contributed by atoms with Crippen molar-refractivity contribution in [3.05, 3.63) is 146 Å². The first-order valence-corrected chi connectivity index (χ1v) is 11.7. The van der Waals surface area contributed by atoms with Gasteiger partial charge in [0.1, 0.15) is 0 Å². The third kappa shape index (κ3) is 3.80. The molecule has 6 aromatic carbocycles. The van der Waals surface area contributed by atoms with Gasteiger partial charge in [0.15, 0.2) is 0 Å². The average molecular weight is 433 g/mol. The second-order valence-corrected chi connectivity index (χ2v) is 8.60. The molecule has 0 aliphatic rings. The van der Waals surface area contributed by atoms with Gasteiger partial charge in [-0.2, -0.15) is 0 Å². The standard InChI is InChI=1S/C34H24/c1-2-4-16-32(30-22-20-26-12-6-8-14-28(26)24-30)34-18-10-9-17-33(34)31(15-3-1)29-21-19-25-11-5-7-13-27(25)23-29/h1-24H. The lowest BCUT2D eigenvalue weighted by Gasteiger charge is -2.10. The van der Waals surface area contributed by atoms with E-state index in [4.69, 9.17) is 0 Å². The molecule has 0 radical (unpaired) electrons. The molecule has 0 spiro atoms. The number of hydrogen-bond donors (Lipinski definition) is 0. The predicted molar refractivity (Wildman–Crippen MR) is 147 cm³/mol. The van der Waals surface area contributed by atoms with Gasteiger partial charge in [-0.25, -0.2) is 0 Å². The van der Waals surface area contributed by atoms with Crippen molar-refractivity contribution in [3.8, 4) is 22.3 Å². The van der Waals surface area contributed by atoms with Crippen molar-refractivity contribution >= 4 is 32.3 Å². The summed E-state index contributed by atoms with van der Waals surface area (Å²) in [5.41, 5.74) is 4.88. The molecule has 0 aromatic heterocycles. The third-order valence-electron chi connectivity index (χ3n) is 6.49. The minimum Gasteiger partial charge on any atom is -0.0622 e. The predicted octanol–water partition coefficient (Wildman–Crippen LogP) is 9.60. The zero-order valence-electron chi connectivity index (χ0n) is 18.9. The zero-order valence-corrected chi connectivity index (χ0v) is 18.9. The molecule has 0 fully saturated rings. The Bertz CT molecular complexity index is 1580. The van der Waals surface area contributed by atoms with Crippen LogP contribution in [0.15, 0.2) is 146 Å². The summed E-state index contributed by atoms with van der Waals surface area (Å²) in [6.45, 7) is 0. The van der Waals surface area contributed by atoms with E-state index in [1.165, 1.54) is 54.6 Å². The lowest BCUT2D eigenvalue weighted by atomic mass is 9.93. The number of fused-ring (bicyclic) bond motifs is 3. The molecule has 0 nitrogen and oxygen atoms in total. The van der Waals surface area contributed by atoms with E-state index in [9.17, 15) is 0 Å². The van der Waals surface area contributed by atoms with E-state index in [0.717, 1.165) is 0 Å². The van der Waals surface area contributed by atoms with Gasteiger partial charge in [-0.15, -0.1) is 0 Å². The Balaban J connectivity index is 1.68. The van der Waals surface area contributed by atoms with E-state index in [1.54, 1.807) is 0 Å². The van der Waals surface area contributed by atoms with Crippen LogP contribution in [0, 0.1) is 0 Å². The first kappa shape index (κ1) is 20.2. The quantitative estimate of drug-likeness (QED) is 0.255. The monoisotopic (exact) mass is 432 g/mol. The van der Waals surface area contributed by atoms with Crippen LogP contribution in [-0.2, 0) is 0 Å². The first-order chi connectivity index (χ1) is 16.9. The molecule has 160 valence electrons. The van der Waals surface area contributed by atoms with E-state index >= 15 is 0 Å². The number of benzene rings is 5. The fourth-order valence-corrected chi connectivity index (χ4v) is 4.78. The van der Waals surface area contributed by atoms with Crippen LogP contribution >= 0.6 is 0 Å². The van der Waals surface area contributed by atoms with Gasteiger partial charge in [0.25, 0.3) is 0 Å². The largest absolute Gasteiger partial charge is 0.0622 e. The highest BCUT2D eigenvalue weighted by Crippen LogP contribution is 2.34. The number of hydrogen-bond acceptors (Lipinski definition) is 0. The maximum atomic E-state index is 2.30. The van der Waals surface area contributed by atoms with Gasteiger partial charge in [-0.1, -0.05) is 133 Å². The summed E-state index contributed by atoms with van der Waals surface area (Å²) >= 11 is 0. The normalized spacial score (nSPS) is 10.9. The van der Waals surface area contributed by atoms with Crippen molar-refractivity contribution in [3.63, 3.8) is 0 Å². The molecule has 0 heterocycles. The van der Waals surface area contributed by atoms with Gasteiger partial charge in [0.05, 0.1) is 0 Å². The van der Waals surface area contributed by atoms with E-state index in [0.29, 0.717) is 0 Å². The molecule has 0 saturated carbocycles. The summed E-state index contributed by atoms with van der Waals surface area (Å²) in [6.07, 6.45) is 0. The van der Waals surface area contributed by atoms with Crippen LogP contribution in [0.1, 0.15) is 0 Å². The van der Waals surface area contributed by atoms with Crippen LogP contribution in [0.25, 0.3) is 54.6 Å². The van der Waals surface area contributed by atoms with E-state index in [2.05, 4.69) is 146 Å². The zero-order chi connectivity index (χ0) is 22.7. The van der Waals surface area contributed by atoms with Gasteiger partial charge >= 0.3 is 0 Å². The van der Waals surface area contributed by atoms with Gasteiger partial charge in [-0.05, 0) is 66.7 Å². The van der Waals surface area contributed by atoms with Crippen molar-refractivity contribution in [2.75, 3.05) is 0 Å². The van der Waals surface area contributed by atoms with Crippen molar-refractivity contribution in [2.24, 2.45) is 0 Å². The highest BCUT2D eigenvalue weighted by Gasteiger charge is 2.07. The smallest absolute Gasteiger partial charge is 0.00992 e. The fraction of sp³-hybridized carbons (Fsp3) is 0. The maximum absolute atomic E-state index is 2.30. The fourth-order valence-electron chi connectivity index (χ4n) is 4.78. The van der Waals surface area contributed by atoms with Crippen LogP contribution in [0.4, 0.5) is 0 Å². The third-order valence-corrected chi connectivity index (χ3v) is 6.49. The highest BCUT2D eigenvalue weighted by atomic mass is 14.1. The van der Waals surface area contributed by atoms with Crippen molar-refractivity contribution in [1.82, 2.24) is 0 Å². The average Bonchev–Trinajstić information content (AvgIpc) is 2.90. The lowest BCUT2D eigenvalue weighted by Crippen LogP contribution is -1.84. The molecular formula is C34H24. The number of rotatable bonds is 2. The molecule has 0 N–H and O–H groups in total. The molecule has 0 aliphatic heterocycles. The van der Waals surface area contributed by atoms with Crippen LogP contribution in [0.2, 0.25) is 0 Å². The Labute approximate surface area is 200 Å². The topological polar surface area (TPSA) is 0 Å². The van der Waals surface area contributed by atoms with Gasteiger partial charge in [-0.3, -0.25) is 0 Å². The summed E-state index contributed by atoms with van der Waals surface area (Å²) in [6, 6.07) is 52.3. The molecule has 0 unspecified atom stereocenters. The van der Waals surface area contributed by atoms with Crippen molar-refractivity contribution in [2.45, 2.75) is 0 Å². The first-order valence-electron chi connectivity index (χ1n) is 11.7. The second kappa shape index (κ2) is 8.84. The van der Waals surface area contributed by atoms with E-state index in [1.807, 2.05) is 0 Å². The Kier molecular flexibility index (Phi) is 5.26. The highest BCUT2D eigenvalue weighted by molar-refractivity contribution is 6.05. The molecule has 0 atom stereocenters. The summed E-state index contributed by atoms with van der Waals surface area (Å²) in [7, 11) is 0. The molecule has 34 heavy (non-hydrogen) atoms. The Morgan fingerprint density at radius 3 is 1.12 bits per heavy atom. The Hall–Kier alpha value is -4.42. The summed E-state index contributed by atoms with van der Waals surface area (Å²) < 4.78 is 0.